The van der Waals surface area contributed by atoms with Crippen molar-refractivity contribution in [3.8, 4) is 0 Å². The summed E-state index contributed by atoms with van der Waals surface area (Å²) in [7, 11) is 0. The van der Waals surface area contributed by atoms with E-state index in [-0.39, 0.29) is 5.97 Å². The van der Waals surface area contributed by atoms with Crippen LogP contribution in [0.2, 0.25) is 0 Å². The molecule has 4 nitrogen and oxygen atoms in total. The number of esters is 1. The average molecular weight is 214 g/mol. The number of hydrogen-bond donors (Lipinski definition) is 1. The van der Waals surface area contributed by atoms with Gasteiger partial charge in [0.15, 0.2) is 0 Å². The summed E-state index contributed by atoms with van der Waals surface area (Å²) in [6.45, 7) is 7.02. The second-order valence-electron chi connectivity index (χ2n) is 3.95. The molecule has 1 heterocycles. The van der Waals surface area contributed by atoms with Crippen molar-refractivity contribution in [1.29, 1.82) is 0 Å². The van der Waals surface area contributed by atoms with Crippen LogP contribution < -0.4 is 5.32 Å². The van der Waals surface area contributed by atoms with Crippen LogP contribution >= 0.6 is 0 Å². The van der Waals surface area contributed by atoms with Crippen LogP contribution in [0.4, 0.5) is 0 Å². The minimum Gasteiger partial charge on any atom is -0.465 e. The molecule has 0 radical (unpaired) electrons. The van der Waals surface area contributed by atoms with Crippen molar-refractivity contribution in [1.82, 2.24) is 10.2 Å². The van der Waals surface area contributed by atoms with E-state index in [2.05, 4.69) is 17.1 Å². The van der Waals surface area contributed by atoms with E-state index in [1.54, 1.807) is 0 Å². The van der Waals surface area contributed by atoms with Crippen molar-refractivity contribution in [2.24, 2.45) is 0 Å². The summed E-state index contributed by atoms with van der Waals surface area (Å²) in [6.07, 6.45) is 3.29. The van der Waals surface area contributed by atoms with Crippen molar-refractivity contribution in [3.63, 3.8) is 0 Å². The fraction of sp³-hybridized carbons (Fsp3) is 0.909. The van der Waals surface area contributed by atoms with Crippen molar-refractivity contribution in [2.45, 2.75) is 26.2 Å². The van der Waals surface area contributed by atoms with Gasteiger partial charge in [-0.3, -0.25) is 9.69 Å². The minimum atomic E-state index is -0.0759. The Morgan fingerprint density at radius 2 is 2.07 bits per heavy atom. The largest absolute Gasteiger partial charge is 0.465 e. The first-order valence-electron chi connectivity index (χ1n) is 5.91. The Morgan fingerprint density at radius 3 is 2.73 bits per heavy atom. The molecule has 1 aliphatic heterocycles. The van der Waals surface area contributed by atoms with Gasteiger partial charge >= 0.3 is 5.97 Å². The standard InChI is InChI=1S/C11H22N2O2/c1-2-3-4-9-15-11(14)10-13-7-5-12-6-8-13/h12H,2-10H2,1H3. The molecule has 0 spiro atoms. The van der Waals surface area contributed by atoms with Crippen LogP contribution in [0, 0.1) is 0 Å². The van der Waals surface area contributed by atoms with E-state index in [1.807, 2.05) is 0 Å². The third-order valence-corrected chi connectivity index (χ3v) is 2.57. The fourth-order valence-electron chi connectivity index (χ4n) is 1.64. The van der Waals surface area contributed by atoms with Gasteiger partial charge < -0.3 is 10.1 Å². The number of hydrogen-bond acceptors (Lipinski definition) is 4. The maximum atomic E-state index is 11.4. The van der Waals surface area contributed by atoms with Gasteiger partial charge in [0.1, 0.15) is 0 Å². The molecular weight excluding hydrogens is 192 g/mol. The number of nitrogens with one attached hydrogen (secondary N) is 1. The Bertz CT molecular complexity index is 179. The molecular formula is C11H22N2O2. The van der Waals surface area contributed by atoms with E-state index < -0.39 is 0 Å². The molecule has 1 N–H and O–H groups in total. The van der Waals surface area contributed by atoms with Gasteiger partial charge in [-0.2, -0.15) is 0 Å². The summed E-state index contributed by atoms with van der Waals surface area (Å²) in [4.78, 5) is 13.5. The number of rotatable bonds is 6. The molecule has 15 heavy (non-hydrogen) atoms. The van der Waals surface area contributed by atoms with Gasteiger partial charge in [0.25, 0.3) is 0 Å². The Kier molecular flexibility index (Phi) is 6.36. The molecule has 1 rings (SSSR count). The molecule has 0 aliphatic carbocycles. The molecule has 0 amide bonds. The second kappa shape index (κ2) is 7.65. The molecule has 0 unspecified atom stereocenters. The molecule has 0 aromatic heterocycles. The number of nitrogens with zero attached hydrogens (tertiary/aromatic N) is 1. The summed E-state index contributed by atoms with van der Waals surface area (Å²) < 4.78 is 5.15. The summed E-state index contributed by atoms with van der Waals surface area (Å²) in [5.74, 6) is -0.0759. The third-order valence-electron chi connectivity index (χ3n) is 2.57. The molecule has 0 bridgehead atoms. The van der Waals surface area contributed by atoms with E-state index in [4.69, 9.17) is 4.74 Å². The Morgan fingerprint density at radius 1 is 1.33 bits per heavy atom. The zero-order valence-electron chi connectivity index (χ0n) is 9.63. The summed E-state index contributed by atoms with van der Waals surface area (Å²) in [5.41, 5.74) is 0. The maximum absolute atomic E-state index is 11.4. The molecule has 1 aliphatic rings. The van der Waals surface area contributed by atoms with Gasteiger partial charge in [-0.1, -0.05) is 19.8 Å². The third kappa shape index (κ3) is 5.74. The summed E-state index contributed by atoms with van der Waals surface area (Å²) in [5, 5.41) is 3.25. The first-order chi connectivity index (χ1) is 7.33. The van der Waals surface area contributed by atoms with Crippen molar-refractivity contribution < 1.29 is 9.53 Å². The molecule has 0 saturated carbocycles. The first-order valence-corrected chi connectivity index (χ1v) is 5.91. The predicted octanol–water partition coefficient (Wildman–Crippen LogP) is 0.625. The van der Waals surface area contributed by atoms with E-state index in [9.17, 15) is 4.79 Å². The number of carbonyl (C=O) groups is 1. The molecule has 4 heteroatoms. The van der Waals surface area contributed by atoms with Gasteiger partial charge in [-0.15, -0.1) is 0 Å². The van der Waals surface area contributed by atoms with Crippen molar-refractivity contribution >= 4 is 5.97 Å². The normalized spacial score (nSPS) is 17.7. The first kappa shape index (κ1) is 12.5. The van der Waals surface area contributed by atoms with Gasteiger partial charge in [0.2, 0.25) is 0 Å². The summed E-state index contributed by atoms with van der Waals surface area (Å²) in [6, 6.07) is 0. The van der Waals surface area contributed by atoms with E-state index in [0.29, 0.717) is 13.2 Å². The van der Waals surface area contributed by atoms with Gasteiger partial charge in [-0.05, 0) is 6.42 Å². The lowest BCUT2D eigenvalue weighted by Gasteiger charge is -2.25. The van der Waals surface area contributed by atoms with E-state index >= 15 is 0 Å². The number of ether oxygens (including phenoxy) is 1. The Labute approximate surface area is 92.0 Å². The minimum absolute atomic E-state index is 0.0759. The van der Waals surface area contributed by atoms with Crippen LogP contribution in [-0.4, -0.2) is 50.2 Å². The van der Waals surface area contributed by atoms with Crippen LogP contribution in [0.3, 0.4) is 0 Å². The molecule has 0 atom stereocenters. The lowest BCUT2D eigenvalue weighted by atomic mass is 10.3. The number of carbonyl (C=O) groups excluding carboxylic acids is 1. The quantitative estimate of drug-likeness (QED) is 0.520. The van der Waals surface area contributed by atoms with Crippen LogP contribution in [0.1, 0.15) is 26.2 Å². The molecule has 1 saturated heterocycles. The van der Waals surface area contributed by atoms with Crippen LogP contribution in [0.5, 0.6) is 0 Å². The maximum Gasteiger partial charge on any atom is 0.320 e. The average Bonchev–Trinajstić information content (AvgIpc) is 2.26. The van der Waals surface area contributed by atoms with E-state index in [0.717, 1.165) is 45.4 Å². The van der Waals surface area contributed by atoms with Crippen LogP contribution in [0.15, 0.2) is 0 Å². The lowest BCUT2D eigenvalue weighted by Crippen LogP contribution is -2.45. The fourth-order valence-corrected chi connectivity index (χ4v) is 1.64. The zero-order chi connectivity index (χ0) is 10.9. The second-order valence-corrected chi connectivity index (χ2v) is 3.95. The molecule has 1 fully saturated rings. The highest BCUT2D eigenvalue weighted by molar-refractivity contribution is 5.71. The zero-order valence-corrected chi connectivity index (χ0v) is 9.63. The predicted molar refractivity (Wildman–Crippen MR) is 59.8 cm³/mol. The topological polar surface area (TPSA) is 41.6 Å². The van der Waals surface area contributed by atoms with Crippen molar-refractivity contribution in [2.75, 3.05) is 39.3 Å². The monoisotopic (exact) mass is 214 g/mol. The highest BCUT2D eigenvalue weighted by Gasteiger charge is 2.13. The van der Waals surface area contributed by atoms with E-state index in [1.165, 1.54) is 0 Å². The summed E-state index contributed by atoms with van der Waals surface area (Å²) >= 11 is 0. The smallest absolute Gasteiger partial charge is 0.320 e. The molecule has 0 aromatic carbocycles. The van der Waals surface area contributed by atoms with Gasteiger partial charge in [0, 0.05) is 26.2 Å². The van der Waals surface area contributed by atoms with Gasteiger partial charge in [0.05, 0.1) is 13.2 Å². The SMILES string of the molecule is CCCCCOC(=O)CN1CCNCC1. The Balaban J connectivity index is 2.01. The van der Waals surface area contributed by atoms with Crippen LogP contribution in [-0.2, 0) is 9.53 Å². The lowest BCUT2D eigenvalue weighted by molar-refractivity contribution is -0.145. The van der Waals surface area contributed by atoms with Gasteiger partial charge in [-0.25, -0.2) is 0 Å². The highest BCUT2D eigenvalue weighted by atomic mass is 16.5. The molecule has 0 aromatic rings. The van der Waals surface area contributed by atoms with Crippen LogP contribution in [0.25, 0.3) is 0 Å². The molecule has 88 valence electrons. The number of unbranched alkanes of at least 4 members (excludes halogenated alkanes) is 2. The van der Waals surface area contributed by atoms with Crippen molar-refractivity contribution in [3.05, 3.63) is 0 Å². The highest BCUT2D eigenvalue weighted by Crippen LogP contribution is 1.97. The Hall–Kier alpha value is -0.610. The number of piperazine rings is 1.